The summed E-state index contributed by atoms with van der Waals surface area (Å²) in [5.41, 5.74) is 2.94. The van der Waals surface area contributed by atoms with Crippen molar-refractivity contribution in [3.8, 4) is 11.3 Å². The highest BCUT2D eigenvalue weighted by Gasteiger charge is 2.13. The number of furan rings is 1. The van der Waals surface area contributed by atoms with Crippen LogP contribution in [0.4, 0.5) is 0 Å². The molecule has 1 N–H and O–H groups in total. The second-order valence-corrected chi connectivity index (χ2v) is 7.32. The molecule has 0 aliphatic rings. The molecule has 144 valence electrons. The minimum absolute atomic E-state index is 0.210. The van der Waals surface area contributed by atoms with Crippen molar-refractivity contribution in [1.29, 1.82) is 0 Å². The van der Waals surface area contributed by atoms with Crippen LogP contribution in [0.25, 0.3) is 34.4 Å². The highest BCUT2D eigenvalue weighted by Crippen LogP contribution is 2.35. The number of aryl methyl sites for hydroxylation is 1. The SMILES string of the molecule is Cc1cccc2c(C(=O)O)cc(C=Cc3ccc(-c4c(Cl)cccc4Cl)o3)nc12. The van der Waals surface area contributed by atoms with Gasteiger partial charge in [0.15, 0.2) is 0 Å². The number of carboxylic acids is 1. The van der Waals surface area contributed by atoms with E-state index in [1.807, 2.05) is 19.1 Å². The van der Waals surface area contributed by atoms with Gasteiger partial charge in [-0.15, -0.1) is 0 Å². The molecule has 4 nitrogen and oxygen atoms in total. The van der Waals surface area contributed by atoms with Gasteiger partial charge in [-0.25, -0.2) is 9.78 Å². The van der Waals surface area contributed by atoms with Crippen LogP contribution in [0, 0.1) is 6.92 Å². The van der Waals surface area contributed by atoms with Crippen molar-refractivity contribution in [3.63, 3.8) is 0 Å². The van der Waals surface area contributed by atoms with E-state index in [0.29, 0.717) is 43.7 Å². The van der Waals surface area contributed by atoms with E-state index in [-0.39, 0.29) is 5.56 Å². The number of carboxylic acid groups (broad SMARTS) is 1. The van der Waals surface area contributed by atoms with Gasteiger partial charge in [0.1, 0.15) is 11.5 Å². The van der Waals surface area contributed by atoms with Gasteiger partial charge in [0.2, 0.25) is 0 Å². The minimum Gasteiger partial charge on any atom is -0.478 e. The largest absolute Gasteiger partial charge is 0.478 e. The lowest BCUT2D eigenvalue weighted by molar-refractivity contribution is 0.0699. The van der Waals surface area contributed by atoms with Crippen molar-refractivity contribution in [3.05, 3.63) is 87.2 Å². The first-order chi connectivity index (χ1) is 13.9. The van der Waals surface area contributed by atoms with E-state index in [1.54, 1.807) is 54.6 Å². The molecule has 4 rings (SSSR count). The predicted octanol–water partition coefficient (Wildman–Crippen LogP) is 6.98. The van der Waals surface area contributed by atoms with Crippen molar-refractivity contribution < 1.29 is 14.3 Å². The Kier molecular flexibility index (Phi) is 5.14. The monoisotopic (exact) mass is 423 g/mol. The highest BCUT2D eigenvalue weighted by molar-refractivity contribution is 6.39. The summed E-state index contributed by atoms with van der Waals surface area (Å²) in [6.45, 7) is 1.90. The molecule has 0 aliphatic heterocycles. The molecule has 0 atom stereocenters. The molecular formula is C23H15Cl2NO3. The van der Waals surface area contributed by atoms with Crippen LogP contribution in [0.5, 0.6) is 0 Å². The number of aromatic carboxylic acids is 1. The van der Waals surface area contributed by atoms with Gasteiger partial charge in [-0.1, -0.05) is 47.5 Å². The highest BCUT2D eigenvalue weighted by atomic mass is 35.5. The number of halogens is 2. The van der Waals surface area contributed by atoms with Crippen LogP contribution in [-0.2, 0) is 0 Å². The van der Waals surface area contributed by atoms with Crippen LogP contribution < -0.4 is 0 Å². The van der Waals surface area contributed by atoms with Gasteiger partial charge in [-0.2, -0.15) is 0 Å². The third-order valence-corrected chi connectivity index (χ3v) is 5.18. The molecule has 0 saturated heterocycles. The summed E-state index contributed by atoms with van der Waals surface area (Å²) < 4.78 is 5.84. The summed E-state index contributed by atoms with van der Waals surface area (Å²) in [6.07, 6.45) is 3.45. The summed E-state index contributed by atoms with van der Waals surface area (Å²) in [4.78, 5) is 16.3. The molecular weight excluding hydrogens is 409 g/mol. The van der Waals surface area contributed by atoms with E-state index >= 15 is 0 Å². The molecule has 0 saturated carbocycles. The number of aromatic nitrogens is 1. The van der Waals surface area contributed by atoms with E-state index in [4.69, 9.17) is 27.6 Å². The predicted molar refractivity (Wildman–Crippen MR) is 117 cm³/mol. The Bertz CT molecular complexity index is 1250. The molecule has 0 radical (unpaired) electrons. The fourth-order valence-electron chi connectivity index (χ4n) is 3.15. The van der Waals surface area contributed by atoms with E-state index in [0.717, 1.165) is 5.56 Å². The number of hydrogen-bond donors (Lipinski definition) is 1. The summed E-state index contributed by atoms with van der Waals surface area (Å²) in [5.74, 6) is 0.125. The number of para-hydroxylation sites is 1. The van der Waals surface area contributed by atoms with Gasteiger partial charge >= 0.3 is 5.97 Å². The molecule has 2 aromatic heterocycles. The molecule has 0 aliphatic carbocycles. The first kappa shape index (κ1) is 19.2. The van der Waals surface area contributed by atoms with Crippen molar-refractivity contribution in [2.75, 3.05) is 0 Å². The van der Waals surface area contributed by atoms with Gasteiger partial charge in [-0.3, -0.25) is 0 Å². The number of pyridine rings is 1. The molecule has 2 aromatic carbocycles. The number of rotatable bonds is 4. The third-order valence-electron chi connectivity index (χ3n) is 4.55. The maximum absolute atomic E-state index is 11.7. The summed E-state index contributed by atoms with van der Waals surface area (Å²) in [6, 6.07) is 15.9. The molecule has 0 amide bonds. The third kappa shape index (κ3) is 3.77. The van der Waals surface area contributed by atoms with E-state index in [2.05, 4.69) is 4.98 Å². The van der Waals surface area contributed by atoms with Crippen molar-refractivity contribution in [1.82, 2.24) is 4.98 Å². The molecule has 2 heterocycles. The van der Waals surface area contributed by atoms with Crippen molar-refractivity contribution in [2.45, 2.75) is 6.92 Å². The summed E-state index contributed by atoms with van der Waals surface area (Å²) in [5, 5.41) is 11.2. The summed E-state index contributed by atoms with van der Waals surface area (Å²) >= 11 is 12.5. The smallest absolute Gasteiger partial charge is 0.336 e. The second-order valence-electron chi connectivity index (χ2n) is 6.50. The van der Waals surface area contributed by atoms with Crippen molar-refractivity contribution in [2.24, 2.45) is 0 Å². The lowest BCUT2D eigenvalue weighted by atomic mass is 10.0. The maximum Gasteiger partial charge on any atom is 0.336 e. The quantitative estimate of drug-likeness (QED) is 0.384. The number of benzene rings is 2. The maximum atomic E-state index is 11.7. The Morgan fingerprint density at radius 2 is 1.76 bits per heavy atom. The molecule has 0 spiro atoms. The molecule has 0 bridgehead atoms. The van der Waals surface area contributed by atoms with Crippen LogP contribution in [0.1, 0.15) is 27.4 Å². The van der Waals surface area contributed by atoms with Crippen LogP contribution in [0.2, 0.25) is 10.0 Å². The zero-order valence-electron chi connectivity index (χ0n) is 15.3. The van der Waals surface area contributed by atoms with Gasteiger partial charge < -0.3 is 9.52 Å². The zero-order valence-corrected chi connectivity index (χ0v) is 16.8. The Balaban J connectivity index is 1.72. The van der Waals surface area contributed by atoms with Gasteiger partial charge in [0.25, 0.3) is 0 Å². The lowest BCUT2D eigenvalue weighted by Crippen LogP contribution is -2.01. The first-order valence-electron chi connectivity index (χ1n) is 8.80. The molecule has 4 aromatic rings. The molecule has 0 unspecified atom stereocenters. The fraction of sp³-hybridized carbons (Fsp3) is 0.0435. The van der Waals surface area contributed by atoms with Crippen LogP contribution >= 0.6 is 23.2 Å². The topological polar surface area (TPSA) is 63.3 Å². The fourth-order valence-corrected chi connectivity index (χ4v) is 3.74. The van der Waals surface area contributed by atoms with Crippen molar-refractivity contribution >= 4 is 52.2 Å². The molecule has 29 heavy (non-hydrogen) atoms. The second kappa shape index (κ2) is 7.74. The van der Waals surface area contributed by atoms with E-state index in [1.165, 1.54) is 0 Å². The Hall–Kier alpha value is -3.08. The van der Waals surface area contributed by atoms with Crippen LogP contribution in [-0.4, -0.2) is 16.1 Å². The van der Waals surface area contributed by atoms with Gasteiger partial charge in [0, 0.05) is 5.39 Å². The standard InChI is InChI=1S/C23H15Cl2NO3/c1-13-4-2-5-16-17(23(27)28)12-14(26-22(13)16)8-9-15-10-11-20(29-15)21-18(24)6-3-7-19(21)25/h2-12H,1H3,(H,27,28). The number of nitrogens with zero attached hydrogens (tertiary/aromatic N) is 1. The zero-order chi connectivity index (χ0) is 20.5. The van der Waals surface area contributed by atoms with E-state index < -0.39 is 5.97 Å². The van der Waals surface area contributed by atoms with Gasteiger partial charge in [0.05, 0.1) is 32.4 Å². The Morgan fingerprint density at radius 3 is 2.48 bits per heavy atom. The lowest BCUT2D eigenvalue weighted by Gasteiger charge is -2.06. The van der Waals surface area contributed by atoms with E-state index in [9.17, 15) is 9.90 Å². The molecule has 0 fully saturated rings. The first-order valence-corrected chi connectivity index (χ1v) is 9.55. The van der Waals surface area contributed by atoms with Gasteiger partial charge in [-0.05, 0) is 55.0 Å². The number of fused-ring (bicyclic) bond motifs is 1. The number of carbonyl (C=O) groups is 1. The summed E-state index contributed by atoms with van der Waals surface area (Å²) in [7, 11) is 0. The average molecular weight is 424 g/mol. The normalized spacial score (nSPS) is 11.4. The average Bonchev–Trinajstić information content (AvgIpc) is 3.14. The van der Waals surface area contributed by atoms with Crippen LogP contribution in [0.15, 0.2) is 59.0 Å². The van der Waals surface area contributed by atoms with Crippen LogP contribution in [0.3, 0.4) is 0 Å². The molecule has 6 heteroatoms. The Morgan fingerprint density at radius 1 is 1.03 bits per heavy atom. The minimum atomic E-state index is -0.994. The Labute approximate surface area is 177 Å². The number of hydrogen-bond acceptors (Lipinski definition) is 3.